The van der Waals surface area contributed by atoms with Crippen LogP contribution in [0.15, 0.2) is 42.7 Å². The predicted molar refractivity (Wildman–Crippen MR) is 117 cm³/mol. The molecule has 0 bridgehead atoms. The van der Waals surface area contributed by atoms with E-state index in [0.29, 0.717) is 28.8 Å². The molecule has 0 aliphatic carbocycles. The highest BCUT2D eigenvalue weighted by Crippen LogP contribution is 2.34. The first-order valence-electron chi connectivity index (χ1n) is 8.82. The lowest BCUT2D eigenvalue weighted by atomic mass is 10.1. The van der Waals surface area contributed by atoms with Gasteiger partial charge in [0.05, 0.1) is 9.95 Å². The van der Waals surface area contributed by atoms with E-state index in [0.717, 1.165) is 6.20 Å². The zero-order chi connectivity index (χ0) is 22.5. The molecule has 0 saturated carbocycles. The van der Waals surface area contributed by atoms with Crippen molar-refractivity contribution >= 4 is 46.3 Å². The van der Waals surface area contributed by atoms with Gasteiger partial charge < -0.3 is 20.7 Å². The molecule has 0 aliphatic heterocycles. The third kappa shape index (κ3) is 5.53. The van der Waals surface area contributed by atoms with Crippen LogP contribution in [0.4, 0.5) is 23.1 Å². The molecular weight excluding hydrogens is 449 g/mol. The first-order chi connectivity index (χ1) is 14.7. The Hall–Kier alpha value is -3.57. The smallest absolute Gasteiger partial charge is 0.366 e. The molecule has 11 nitrogen and oxygen atoms in total. The SMILES string of the molecule is CC(CNc1cnc([N+](=O)[O-])c(-c2ccc(Cl)cc2Cl)n1)Nc1ccc([N+](=O)[O-])cn1. The van der Waals surface area contributed by atoms with Crippen LogP contribution in [0.1, 0.15) is 6.92 Å². The van der Waals surface area contributed by atoms with Crippen LogP contribution in [-0.2, 0) is 0 Å². The second-order valence-corrected chi connectivity index (χ2v) is 7.24. The average molecular weight is 464 g/mol. The lowest BCUT2D eigenvalue weighted by molar-refractivity contribution is -0.389. The number of anilines is 2. The second kappa shape index (κ2) is 9.49. The van der Waals surface area contributed by atoms with Gasteiger partial charge >= 0.3 is 5.82 Å². The van der Waals surface area contributed by atoms with Gasteiger partial charge in [-0.25, -0.2) is 9.97 Å². The summed E-state index contributed by atoms with van der Waals surface area (Å²) in [6, 6.07) is 7.24. The number of rotatable bonds is 8. The Labute approximate surface area is 185 Å². The zero-order valence-electron chi connectivity index (χ0n) is 16.0. The molecule has 0 fully saturated rings. The standard InChI is InChI=1S/C18H15Cl2N7O4/c1-10(24-15-5-3-12(8-22-15)26(28)29)7-21-16-9-23-18(27(30)31)17(25-16)13-4-2-11(19)6-14(13)20/h2-6,8-10H,7H2,1H3,(H,21,25)(H,22,24). The number of benzene rings is 1. The summed E-state index contributed by atoms with van der Waals surface area (Å²) >= 11 is 12.1. The second-order valence-electron chi connectivity index (χ2n) is 6.39. The van der Waals surface area contributed by atoms with Crippen molar-refractivity contribution in [2.24, 2.45) is 0 Å². The van der Waals surface area contributed by atoms with Gasteiger partial charge in [-0.05, 0) is 41.1 Å². The summed E-state index contributed by atoms with van der Waals surface area (Å²) in [7, 11) is 0. The van der Waals surface area contributed by atoms with Crippen molar-refractivity contribution in [3.8, 4) is 11.3 Å². The van der Waals surface area contributed by atoms with Crippen LogP contribution in [0.5, 0.6) is 0 Å². The molecule has 1 unspecified atom stereocenters. The Bertz CT molecular complexity index is 1130. The molecule has 160 valence electrons. The molecule has 0 aliphatic rings. The molecule has 1 atom stereocenters. The number of nitrogens with one attached hydrogen (secondary N) is 2. The average Bonchev–Trinajstić information content (AvgIpc) is 2.72. The van der Waals surface area contributed by atoms with E-state index in [4.69, 9.17) is 23.2 Å². The normalized spacial score (nSPS) is 11.6. The van der Waals surface area contributed by atoms with Crippen LogP contribution >= 0.6 is 23.2 Å². The minimum absolute atomic E-state index is 0.00862. The van der Waals surface area contributed by atoms with Crippen molar-refractivity contribution in [2.45, 2.75) is 13.0 Å². The van der Waals surface area contributed by atoms with Gasteiger partial charge in [0.2, 0.25) is 0 Å². The van der Waals surface area contributed by atoms with E-state index in [2.05, 4.69) is 25.6 Å². The highest BCUT2D eigenvalue weighted by Gasteiger charge is 2.22. The number of nitrogens with zero attached hydrogens (tertiary/aromatic N) is 5. The van der Waals surface area contributed by atoms with Gasteiger partial charge in [0, 0.05) is 29.2 Å². The Kier molecular flexibility index (Phi) is 6.78. The third-order valence-electron chi connectivity index (χ3n) is 4.05. The van der Waals surface area contributed by atoms with E-state index in [1.165, 1.54) is 30.5 Å². The van der Waals surface area contributed by atoms with Crippen LogP contribution in [-0.4, -0.2) is 37.4 Å². The van der Waals surface area contributed by atoms with Gasteiger partial charge in [-0.15, -0.1) is 0 Å². The highest BCUT2D eigenvalue weighted by atomic mass is 35.5. The van der Waals surface area contributed by atoms with E-state index in [9.17, 15) is 20.2 Å². The van der Waals surface area contributed by atoms with Gasteiger partial charge in [0.1, 0.15) is 12.0 Å². The van der Waals surface area contributed by atoms with Crippen molar-refractivity contribution in [1.29, 1.82) is 0 Å². The maximum atomic E-state index is 11.4. The van der Waals surface area contributed by atoms with Crippen molar-refractivity contribution in [2.75, 3.05) is 17.2 Å². The summed E-state index contributed by atoms with van der Waals surface area (Å²) in [4.78, 5) is 33.1. The molecule has 3 rings (SSSR count). The molecule has 3 aromatic rings. The van der Waals surface area contributed by atoms with Gasteiger partial charge in [0.25, 0.3) is 5.69 Å². The Morgan fingerprint density at radius 3 is 2.42 bits per heavy atom. The van der Waals surface area contributed by atoms with Crippen molar-refractivity contribution in [3.05, 3.63) is 73.0 Å². The first-order valence-corrected chi connectivity index (χ1v) is 9.58. The van der Waals surface area contributed by atoms with E-state index in [1.54, 1.807) is 6.07 Å². The third-order valence-corrected chi connectivity index (χ3v) is 4.60. The molecular formula is C18H15Cl2N7O4. The van der Waals surface area contributed by atoms with Gasteiger partial charge in [-0.2, -0.15) is 0 Å². The maximum absolute atomic E-state index is 11.4. The number of hydrogen-bond donors (Lipinski definition) is 2. The number of nitro groups is 2. The summed E-state index contributed by atoms with van der Waals surface area (Å²) in [6.45, 7) is 2.21. The number of hydrogen-bond acceptors (Lipinski definition) is 9. The van der Waals surface area contributed by atoms with E-state index < -0.39 is 15.7 Å². The topological polar surface area (TPSA) is 149 Å². The minimum atomic E-state index is -0.637. The van der Waals surface area contributed by atoms with Gasteiger partial charge in [-0.1, -0.05) is 23.2 Å². The fraction of sp³-hybridized carbons (Fsp3) is 0.167. The lowest BCUT2D eigenvalue weighted by Gasteiger charge is -2.15. The van der Waals surface area contributed by atoms with E-state index in [-0.39, 0.29) is 22.4 Å². The van der Waals surface area contributed by atoms with E-state index in [1.807, 2.05) is 6.92 Å². The minimum Gasteiger partial charge on any atom is -0.366 e. The fourth-order valence-corrected chi connectivity index (χ4v) is 3.10. The lowest BCUT2D eigenvalue weighted by Crippen LogP contribution is -2.25. The number of pyridine rings is 1. The molecule has 2 N–H and O–H groups in total. The maximum Gasteiger partial charge on any atom is 0.390 e. The summed E-state index contributed by atoms with van der Waals surface area (Å²) < 4.78 is 0. The first kappa shape index (κ1) is 22.1. The highest BCUT2D eigenvalue weighted by molar-refractivity contribution is 6.36. The Morgan fingerprint density at radius 2 is 1.81 bits per heavy atom. The summed E-state index contributed by atoms with van der Waals surface area (Å²) in [5.74, 6) is 0.330. The quantitative estimate of drug-likeness (QED) is 0.361. The summed E-state index contributed by atoms with van der Waals surface area (Å²) in [5.41, 5.74) is 0.232. The number of aromatic nitrogens is 3. The Morgan fingerprint density at radius 1 is 1.03 bits per heavy atom. The molecule has 2 aromatic heterocycles. The van der Waals surface area contributed by atoms with Gasteiger partial charge in [0.15, 0.2) is 17.7 Å². The predicted octanol–water partition coefficient (Wildman–Crippen LogP) is 4.57. The Balaban J connectivity index is 1.74. The summed E-state index contributed by atoms with van der Waals surface area (Å²) in [6.07, 6.45) is 2.41. The molecule has 0 spiro atoms. The van der Waals surface area contributed by atoms with Crippen LogP contribution in [0.3, 0.4) is 0 Å². The van der Waals surface area contributed by atoms with Crippen molar-refractivity contribution < 1.29 is 9.85 Å². The molecule has 0 amide bonds. The molecule has 0 saturated heterocycles. The van der Waals surface area contributed by atoms with Crippen LogP contribution in [0, 0.1) is 20.2 Å². The van der Waals surface area contributed by atoms with Crippen molar-refractivity contribution in [1.82, 2.24) is 15.0 Å². The van der Waals surface area contributed by atoms with Crippen LogP contribution in [0.25, 0.3) is 11.3 Å². The van der Waals surface area contributed by atoms with Crippen molar-refractivity contribution in [3.63, 3.8) is 0 Å². The van der Waals surface area contributed by atoms with Gasteiger partial charge in [-0.3, -0.25) is 10.1 Å². The summed E-state index contributed by atoms with van der Waals surface area (Å²) in [5, 5.41) is 28.8. The molecule has 31 heavy (non-hydrogen) atoms. The van der Waals surface area contributed by atoms with Crippen LogP contribution in [0.2, 0.25) is 10.0 Å². The molecule has 13 heteroatoms. The molecule has 1 aromatic carbocycles. The van der Waals surface area contributed by atoms with Crippen LogP contribution < -0.4 is 10.6 Å². The van der Waals surface area contributed by atoms with E-state index >= 15 is 0 Å². The monoisotopic (exact) mass is 463 g/mol. The number of halogens is 2. The fourth-order valence-electron chi connectivity index (χ4n) is 2.60. The largest absolute Gasteiger partial charge is 0.390 e. The zero-order valence-corrected chi connectivity index (χ0v) is 17.5. The molecule has 2 heterocycles. The molecule has 0 radical (unpaired) electrons.